The first-order valence-corrected chi connectivity index (χ1v) is 8.71. The van der Waals surface area contributed by atoms with Crippen LogP contribution in [0.1, 0.15) is 17.5 Å². The second kappa shape index (κ2) is 7.59. The number of rotatable bonds is 4. The molecule has 1 aromatic carbocycles. The largest absolute Gasteiger partial charge is 0.471 e. The lowest BCUT2D eigenvalue weighted by atomic mass is 10.1. The summed E-state index contributed by atoms with van der Waals surface area (Å²) in [4.78, 5) is 24.7. The van der Waals surface area contributed by atoms with Gasteiger partial charge in [0, 0.05) is 32.7 Å². The van der Waals surface area contributed by atoms with Crippen LogP contribution in [0.3, 0.4) is 0 Å². The van der Waals surface area contributed by atoms with Crippen LogP contribution in [0.15, 0.2) is 30.6 Å². The standard InChI is InChI=1S/C19H25N5O2/c1-13-7-14(2)9-15(8-13)21-19(25)24-6-5-16(12-24)26-18-11-20-10-17(22-18)23(3)4/h7-11,16H,5-6,12H2,1-4H3,(H,21,25). The number of ether oxygens (including phenoxy) is 1. The Morgan fingerprint density at radius 2 is 1.96 bits per heavy atom. The highest BCUT2D eigenvalue weighted by Crippen LogP contribution is 2.20. The third-order valence-electron chi connectivity index (χ3n) is 4.25. The first-order chi connectivity index (χ1) is 12.4. The first-order valence-electron chi connectivity index (χ1n) is 8.71. The third-order valence-corrected chi connectivity index (χ3v) is 4.25. The van der Waals surface area contributed by atoms with Crippen LogP contribution >= 0.6 is 0 Å². The maximum atomic E-state index is 12.5. The minimum atomic E-state index is -0.103. The number of urea groups is 1. The van der Waals surface area contributed by atoms with Crippen molar-refractivity contribution in [2.24, 2.45) is 0 Å². The maximum Gasteiger partial charge on any atom is 0.321 e. The van der Waals surface area contributed by atoms with Crippen molar-refractivity contribution in [2.75, 3.05) is 37.4 Å². The molecule has 1 aliphatic heterocycles. The molecule has 1 fully saturated rings. The summed E-state index contributed by atoms with van der Waals surface area (Å²) < 4.78 is 5.91. The van der Waals surface area contributed by atoms with Crippen molar-refractivity contribution in [3.05, 3.63) is 41.7 Å². The number of nitrogens with zero attached hydrogens (tertiary/aromatic N) is 4. The highest BCUT2D eigenvalue weighted by atomic mass is 16.5. The number of carbonyl (C=O) groups is 1. The fourth-order valence-electron chi connectivity index (χ4n) is 3.04. The summed E-state index contributed by atoms with van der Waals surface area (Å²) in [6.07, 6.45) is 3.98. The van der Waals surface area contributed by atoms with E-state index in [1.165, 1.54) is 0 Å². The van der Waals surface area contributed by atoms with Gasteiger partial charge in [0.1, 0.15) is 6.10 Å². The monoisotopic (exact) mass is 355 g/mol. The number of anilines is 2. The van der Waals surface area contributed by atoms with Gasteiger partial charge in [0.15, 0.2) is 5.82 Å². The summed E-state index contributed by atoms with van der Waals surface area (Å²) in [5, 5.41) is 2.97. The molecule has 0 aliphatic carbocycles. The quantitative estimate of drug-likeness (QED) is 0.913. The van der Waals surface area contributed by atoms with E-state index >= 15 is 0 Å². The number of amides is 2. The van der Waals surface area contributed by atoms with Crippen molar-refractivity contribution in [3.8, 4) is 5.88 Å². The number of hydrogen-bond acceptors (Lipinski definition) is 5. The summed E-state index contributed by atoms with van der Waals surface area (Å²) in [6.45, 7) is 5.23. The van der Waals surface area contributed by atoms with Crippen molar-refractivity contribution in [3.63, 3.8) is 0 Å². The predicted octanol–water partition coefficient (Wildman–Crippen LogP) is 2.84. The van der Waals surface area contributed by atoms with E-state index in [9.17, 15) is 4.79 Å². The molecular weight excluding hydrogens is 330 g/mol. The Bertz CT molecular complexity index is 773. The molecule has 2 amide bonds. The molecule has 7 nitrogen and oxygen atoms in total. The summed E-state index contributed by atoms with van der Waals surface area (Å²) in [5.74, 6) is 1.22. The lowest BCUT2D eigenvalue weighted by Gasteiger charge is -2.18. The molecule has 138 valence electrons. The van der Waals surface area contributed by atoms with E-state index in [1.54, 1.807) is 17.3 Å². The number of aryl methyl sites for hydroxylation is 2. The molecule has 7 heteroatoms. The zero-order valence-electron chi connectivity index (χ0n) is 15.7. The Morgan fingerprint density at radius 1 is 1.23 bits per heavy atom. The molecule has 0 bridgehead atoms. The average molecular weight is 355 g/mol. The lowest BCUT2D eigenvalue weighted by molar-refractivity contribution is 0.189. The van der Waals surface area contributed by atoms with Crippen LogP contribution < -0.4 is 15.0 Å². The van der Waals surface area contributed by atoms with Crippen LogP contribution in [-0.4, -0.2) is 54.2 Å². The molecular formula is C19H25N5O2. The zero-order chi connectivity index (χ0) is 18.7. The molecule has 1 saturated heterocycles. The van der Waals surface area contributed by atoms with Crippen LogP contribution in [0.2, 0.25) is 0 Å². The molecule has 1 N–H and O–H groups in total. The van der Waals surface area contributed by atoms with E-state index < -0.39 is 0 Å². The molecule has 1 atom stereocenters. The number of aromatic nitrogens is 2. The van der Waals surface area contributed by atoms with Gasteiger partial charge in [0.05, 0.1) is 18.9 Å². The number of likely N-dealkylation sites (tertiary alicyclic amines) is 1. The Morgan fingerprint density at radius 3 is 2.65 bits per heavy atom. The van der Waals surface area contributed by atoms with E-state index in [1.807, 2.05) is 45.0 Å². The molecule has 0 spiro atoms. The van der Waals surface area contributed by atoms with Gasteiger partial charge in [-0.25, -0.2) is 4.79 Å². The molecule has 26 heavy (non-hydrogen) atoms. The fourth-order valence-corrected chi connectivity index (χ4v) is 3.04. The Hall–Kier alpha value is -2.83. The molecule has 1 unspecified atom stereocenters. The second-order valence-electron chi connectivity index (χ2n) is 6.89. The number of hydrogen-bond donors (Lipinski definition) is 1. The number of nitrogens with one attached hydrogen (secondary N) is 1. The van der Waals surface area contributed by atoms with Crippen molar-refractivity contribution in [2.45, 2.75) is 26.4 Å². The fraction of sp³-hybridized carbons (Fsp3) is 0.421. The summed E-state index contributed by atoms with van der Waals surface area (Å²) in [6, 6.07) is 5.92. The lowest BCUT2D eigenvalue weighted by Crippen LogP contribution is -2.34. The SMILES string of the molecule is Cc1cc(C)cc(NC(=O)N2CCC(Oc3cncc(N(C)C)n3)C2)c1. The van der Waals surface area contributed by atoms with E-state index in [4.69, 9.17) is 4.74 Å². The van der Waals surface area contributed by atoms with Gasteiger partial charge in [0.2, 0.25) is 5.88 Å². The van der Waals surface area contributed by atoms with Crippen molar-refractivity contribution >= 4 is 17.5 Å². The third kappa shape index (κ3) is 4.41. The highest BCUT2D eigenvalue weighted by molar-refractivity contribution is 5.89. The zero-order valence-corrected chi connectivity index (χ0v) is 15.7. The van der Waals surface area contributed by atoms with E-state index in [-0.39, 0.29) is 12.1 Å². The number of benzene rings is 1. The van der Waals surface area contributed by atoms with Gasteiger partial charge in [-0.05, 0) is 37.1 Å². The van der Waals surface area contributed by atoms with Gasteiger partial charge in [-0.3, -0.25) is 4.98 Å². The van der Waals surface area contributed by atoms with Crippen LogP contribution in [0.25, 0.3) is 0 Å². The molecule has 3 rings (SSSR count). The van der Waals surface area contributed by atoms with E-state index in [0.29, 0.717) is 19.0 Å². The summed E-state index contributed by atoms with van der Waals surface area (Å²) in [5.41, 5.74) is 3.07. The maximum absolute atomic E-state index is 12.5. The van der Waals surface area contributed by atoms with Gasteiger partial charge in [0.25, 0.3) is 0 Å². The predicted molar refractivity (Wildman–Crippen MR) is 102 cm³/mol. The normalized spacial score (nSPS) is 16.5. The summed E-state index contributed by atoms with van der Waals surface area (Å²) in [7, 11) is 3.81. The Balaban J connectivity index is 1.58. The molecule has 0 radical (unpaired) electrons. The topological polar surface area (TPSA) is 70.6 Å². The van der Waals surface area contributed by atoms with Gasteiger partial charge in [-0.1, -0.05) is 6.07 Å². The minimum Gasteiger partial charge on any atom is -0.471 e. The van der Waals surface area contributed by atoms with Gasteiger partial charge in [-0.2, -0.15) is 4.98 Å². The number of carbonyl (C=O) groups excluding carboxylic acids is 1. The molecule has 2 heterocycles. The van der Waals surface area contributed by atoms with Gasteiger partial charge in [-0.15, -0.1) is 0 Å². The smallest absolute Gasteiger partial charge is 0.321 e. The average Bonchev–Trinajstić information content (AvgIpc) is 3.02. The van der Waals surface area contributed by atoms with Crippen LogP contribution in [-0.2, 0) is 0 Å². The van der Waals surface area contributed by atoms with Crippen molar-refractivity contribution in [1.82, 2.24) is 14.9 Å². The van der Waals surface area contributed by atoms with Crippen LogP contribution in [0.5, 0.6) is 5.88 Å². The minimum absolute atomic E-state index is 0.0771. The van der Waals surface area contributed by atoms with Gasteiger partial charge < -0.3 is 19.9 Å². The van der Waals surface area contributed by atoms with E-state index in [2.05, 4.69) is 21.4 Å². The van der Waals surface area contributed by atoms with E-state index in [0.717, 1.165) is 29.1 Å². The second-order valence-corrected chi connectivity index (χ2v) is 6.89. The highest BCUT2D eigenvalue weighted by Gasteiger charge is 2.28. The van der Waals surface area contributed by atoms with Crippen molar-refractivity contribution < 1.29 is 9.53 Å². The molecule has 0 saturated carbocycles. The summed E-state index contributed by atoms with van der Waals surface area (Å²) >= 11 is 0. The van der Waals surface area contributed by atoms with Gasteiger partial charge >= 0.3 is 6.03 Å². The Kier molecular flexibility index (Phi) is 5.25. The molecule has 1 aromatic heterocycles. The van der Waals surface area contributed by atoms with Crippen LogP contribution in [0.4, 0.5) is 16.3 Å². The van der Waals surface area contributed by atoms with Crippen molar-refractivity contribution in [1.29, 1.82) is 0 Å². The Labute approximate surface area is 154 Å². The molecule has 1 aliphatic rings. The van der Waals surface area contributed by atoms with Crippen LogP contribution in [0, 0.1) is 13.8 Å². The first kappa shape index (κ1) is 18.0. The molecule has 2 aromatic rings.